The summed E-state index contributed by atoms with van der Waals surface area (Å²) in [6, 6.07) is 22.5. The SMILES string of the molecule is CN(CCCN1CCC(C(O)(c2ccc(F)cc2)c2ccc(F)cc2)CC1)c1ccccc1. The molecule has 0 bridgehead atoms. The molecule has 0 aromatic heterocycles. The number of rotatable bonds is 8. The normalized spacial score (nSPS) is 15.5. The van der Waals surface area contributed by atoms with E-state index in [1.165, 1.54) is 30.0 Å². The third-order valence-corrected chi connectivity index (χ3v) is 6.91. The van der Waals surface area contributed by atoms with Crippen LogP contribution in [0.2, 0.25) is 0 Å². The molecule has 33 heavy (non-hydrogen) atoms. The Morgan fingerprint density at radius 1 is 0.848 bits per heavy atom. The highest BCUT2D eigenvalue weighted by Crippen LogP contribution is 2.42. The zero-order valence-corrected chi connectivity index (χ0v) is 19.1. The van der Waals surface area contributed by atoms with Crippen molar-refractivity contribution < 1.29 is 13.9 Å². The number of halogens is 2. The van der Waals surface area contributed by atoms with Gasteiger partial charge in [0.15, 0.2) is 0 Å². The van der Waals surface area contributed by atoms with Crippen molar-refractivity contribution in [3.8, 4) is 0 Å². The molecule has 174 valence electrons. The lowest BCUT2D eigenvalue weighted by molar-refractivity contribution is -0.0142. The number of piperidine rings is 1. The van der Waals surface area contributed by atoms with E-state index in [4.69, 9.17) is 0 Å². The molecule has 0 saturated carbocycles. The number of aliphatic hydroxyl groups is 1. The monoisotopic (exact) mass is 450 g/mol. The molecule has 3 aromatic rings. The topological polar surface area (TPSA) is 26.7 Å². The summed E-state index contributed by atoms with van der Waals surface area (Å²) in [6.45, 7) is 3.78. The van der Waals surface area contributed by atoms with Gasteiger partial charge in [-0.15, -0.1) is 0 Å². The minimum Gasteiger partial charge on any atom is -0.380 e. The second kappa shape index (κ2) is 10.4. The first-order valence-electron chi connectivity index (χ1n) is 11.7. The van der Waals surface area contributed by atoms with Crippen LogP contribution < -0.4 is 4.90 Å². The molecule has 1 aliphatic heterocycles. The van der Waals surface area contributed by atoms with Gasteiger partial charge in [-0.05, 0) is 92.3 Å². The third-order valence-electron chi connectivity index (χ3n) is 6.91. The maximum atomic E-state index is 13.6. The summed E-state index contributed by atoms with van der Waals surface area (Å²) in [5.41, 5.74) is 1.25. The van der Waals surface area contributed by atoms with E-state index in [0.717, 1.165) is 45.4 Å². The summed E-state index contributed by atoms with van der Waals surface area (Å²) in [7, 11) is 2.12. The number of likely N-dealkylation sites (tertiary alicyclic amines) is 1. The van der Waals surface area contributed by atoms with Crippen LogP contribution in [0.4, 0.5) is 14.5 Å². The van der Waals surface area contributed by atoms with E-state index in [0.29, 0.717) is 11.1 Å². The summed E-state index contributed by atoms with van der Waals surface area (Å²) < 4.78 is 27.1. The molecule has 0 spiro atoms. The van der Waals surface area contributed by atoms with Crippen LogP contribution in [0.25, 0.3) is 0 Å². The van der Waals surface area contributed by atoms with Crippen LogP contribution in [0.15, 0.2) is 78.9 Å². The van der Waals surface area contributed by atoms with Crippen molar-refractivity contribution in [2.24, 2.45) is 5.92 Å². The molecule has 1 fully saturated rings. The molecule has 0 amide bonds. The molecule has 1 N–H and O–H groups in total. The second-order valence-electron chi connectivity index (χ2n) is 9.01. The summed E-state index contributed by atoms with van der Waals surface area (Å²) >= 11 is 0. The Hall–Kier alpha value is -2.76. The van der Waals surface area contributed by atoms with Crippen molar-refractivity contribution in [3.05, 3.63) is 102 Å². The second-order valence-corrected chi connectivity index (χ2v) is 9.01. The van der Waals surface area contributed by atoms with Gasteiger partial charge < -0.3 is 14.9 Å². The quantitative estimate of drug-likeness (QED) is 0.495. The lowest BCUT2D eigenvalue weighted by Crippen LogP contribution is -2.44. The molecule has 1 heterocycles. The lowest BCUT2D eigenvalue weighted by atomic mass is 9.72. The van der Waals surface area contributed by atoms with Crippen LogP contribution >= 0.6 is 0 Å². The maximum absolute atomic E-state index is 13.6. The smallest absolute Gasteiger partial charge is 0.123 e. The molecule has 0 aliphatic carbocycles. The first-order valence-corrected chi connectivity index (χ1v) is 11.7. The van der Waals surface area contributed by atoms with Gasteiger partial charge in [-0.3, -0.25) is 0 Å². The zero-order chi connectivity index (χ0) is 23.3. The standard InChI is InChI=1S/C28H32F2N2O/c1-31(27-6-3-2-4-7-27)18-5-19-32-20-16-24(17-21-32)28(33,22-8-12-25(29)13-9-22)23-10-14-26(30)15-11-23/h2-4,6-15,24,33H,5,16-21H2,1H3. The first-order chi connectivity index (χ1) is 16.0. The Balaban J connectivity index is 1.40. The number of anilines is 1. The molecule has 0 atom stereocenters. The van der Waals surface area contributed by atoms with Gasteiger partial charge in [-0.1, -0.05) is 42.5 Å². The predicted octanol–water partition coefficient (Wildman–Crippen LogP) is 5.44. The van der Waals surface area contributed by atoms with E-state index in [-0.39, 0.29) is 17.6 Å². The molecule has 1 aliphatic rings. The van der Waals surface area contributed by atoms with Crippen molar-refractivity contribution in [3.63, 3.8) is 0 Å². The van der Waals surface area contributed by atoms with E-state index < -0.39 is 5.60 Å². The highest BCUT2D eigenvalue weighted by molar-refractivity contribution is 5.44. The molecule has 4 rings (SSSR count). The van der Waals surface area contributed by atoms with Gasteiger partial charge in [0.25, 0.3) is 0 Å². The lowest BCUT2D eigenvalue weighted by Gasteiger charge is -2.42. The first kappa shape index (κ1) is 23.4. The number of nitrogens with zero attached hydrogens (tertiary/aromatic N) is 2. The van der Waals surface area contributed by atoms with Gasteiger partial charge in [-0.2, -0.15) is 0 Å². The van der Waals surface area contributed by atoms with Crippen molar-refractivity contribution in [2.75, 3.05) is 38.1 Å². The van der Waals surface area contributed by atoms with Gasteiger partial charge in [0.05, 0.1) is 0 Å². The van der Waals surface area contributed by atoms with E-state index in [9.17, 15) is 13.9 Å². The molecule has 0 unspecified atom stereocenters. The predicted molar refractivity (Wildman–Crippen MR) is 129 cm³/mol. The van der Waals surface area contributed by atoms with E-state index >= 15 is 0 Å². The van der Waals surface area contributed by atoms with Crippen molar-refractivity contribution in [1.29, 1.82) is 0 Å². The van der Waals surface area contributed by atoms with Crippen molar-refractivity contribution in [2.45, 2.75) is 24.9 Å². The zero-order valence-electron chi connectivity index (χ0n) is 19.1. The van der Waals surface area contributed by atoms with E-state index in [2.05, 4.69) is 41.1 Å². The highest BCUT2D eigenvalue weighted by atomic mass is 19.1. The molecular formula is C28H32F2N2O. The van der Waals surface area contributed by atoms with Crippen molar-refractivity contribution >= 4 is 5.69 Å². The highest BCUT2D eigenvalue weighted by Gasteiger charge is 2.41. The minimum atomic E-state index is -1.28. The van der Waals surface area contributed by atoms with Gasteiger partial charge in [0.2, 0.25) is 0 Å². The Morgan fingerprint density at radius 3 is 1.88 bits per heavy atom. The fraction of sp³-hybridized carbons (Fsp3) is 0.357. The van der Waals surface area contributed by atoms with Crippen LogP contribution in [-0.2, 0) is 5.60 Å². The number of benzene rings is 3. The Labute approximate surface area is 195 Å². The van der Waals surface area contributed by atoms with Gasteiger partial charge in [-0.25, -0.2) is 8.78 Å². The number of para-hydroxylation sites is 1. The van der Waals surface area contributed by atoms with E-state index in [1.54, 1.807) is 24.3 Å². The average molecular weight is 451 g/mol. The fourth-order valence-corrected chi connectivity index (χ4v) is 4.96. The molecule has 0 radical (unpaired) electrons. The largest absolute Gasteiger partial charge is 0.380 e. The summed E-state index contributed by atoms with van der Waals surface area (Å²) in [5.74, 6) is -0.706. The fourth-order valence-electron chi connectivity index (χ4n) is 4.96. The van der Waals surface area contributed by atoms with Crippen LogP contribution in [0.3, 0.4) is 0 Å². The van der Waals surface area contributed by atoms with Crippen LogP contribution in [0, 0.1) is 17.6 Å². The number of hydrogen-bond acceptors (Lipinski definition) is 3. The van der Waals surface area contributed by atoms with E-state index in [1.807, 2.05) is 6.07 Å². The molecule has 1 saturated heterocycles. The summed E-state index contributed by atoms with van der Waals surface area (Å²) in [4.78, 5) is 4.72. The average Bonchev–Trinajstić information content (AvgIpc) is 2.85. The maximum Gasteiger partial charge on any atom is 0.123 e. The Kier molecular flexibility index (Phi) is 7.41. The third kappa shape index (κ3) is 5.43. The molecular weight excluding hydrogens is 418 g/mol. The van der Waals surface area contributed by atoms with Crippen LogP contribution in [0.1, 0.15) is 30.4 Å². The molecule has 5 heteroatoms. The van der Waals surface area contributed by atoms with Crippen LogP contribution in [-0.4, -0.2) is 43.2 Å². The van der Waals surface area contributed by atoms with Gasteiger partial charge in [0, 0.05) is 19.3 Å². The molecule has 3 aromatic carbocycles. The number of hydrogen-bond donors (Lipinski definition) is 1. The summed E-state index contributed by atoms with van der Waals surface area (Å²) in [6.07, 6.45) is 2.70. The Bertz CT molecular complexity index is 955. The van der Waals surface area contributed by atoms with Gasteiger partial charge >= 0.3 is 0 Å². The van der Waals surface area contributed by atoms with Gasteiger partial charge in [0.1, 0.15) is 17.2 Å². The Morgan fingerprint density at radius 2 is 1.36 bits per heavy atom. The summed E-state index contributed by atoms with van der Waals surface area (Å²) in [5, 5.41) is 12.0. The van der Waals surface area contributed by atoms with Crippen LogP contribution in [0.5, 0.6) is 0 Å². The minimum absolute atomic E-state index is 0.0309. The van der Waals surface area contributed by atoms with Crippen molar-refractivity contribution in [1.82, 2.24) is 4.90 Å². The molecule has 3 nitrogen and oxygen atoms in total.